The van der Waals surface area contributed by atoms with E-state index in [1.165, 1.54) is 0 Å². The minimum Gasteiger partial charge on any atom is -0.337 e. The fourth-order valence-corrected chi connectivity index (χ4v) is 2.45. The molecule has 0 saturated carbocycles. The van der Waals surface area contributed by atoms with Crippen molar-refractivity contribution in [2.75, 3.05) is 19.6 Å². The van der Waals surface area contributed by atoms with Crippen molar-refractivity contribution in [3.63, 3.8) is 0 Å². The molecule has 0 unspecified atom stereocenters. The number of nitrogens with zero attached hydrogens (tertiary/aromatic N) is 2. The topological polar surface area (TPSA) is 49.6 Å². The second-order valence-electron chi connectivity index (χ2n) is 5.27. The van der Waals surface area contributed by atoms with Gasteiger partial charge in [-0.1, -0.05) is 0 Å². The van der Waals surface area contributed by atoms with Gasteiger partial charge in [0.25, 0.3) is 0 Å². The molecule has 4 nitrogen and oxygen atoms in total. The summed E-state index contributed by atoms with van der Waals surface area (Å²) in [4.78, 5) is 16.2. The molecule has 1 saturated heterocycles. The minimum absolute atomic E-state index is 0.221. The lowest BCUT2D eigenvalue weighted by Gasteiger charge is -2.32. The molecule has 0 spiro atoms. The van der Waals surface area contributed by atoms with Crippen molar-refractivity contribution < 1.29 is 4.79 Å². The Hall–Kier alpha value is -0.610. The second kappa shape index (κ2) is 5.64. The highest BCUT2D eigenvalue weighted by Gasteiger charge is 2.25. The van der Waals surface area contributed by atoms with Gasteiger partial charge in [-0.3, -0.25) is 9.69 Å². The van der Waals surface area contributed by atoms with Crippen LogP contribution in [0, 0.1) is 0 Å². The summed E-state index contributed by atoms with van der Waals surface area (Å²) in [6.07, 6.45) is 1.01. The smallest absolute Gasteiger partial charge is 0.237 e. The molecule has 1 fully saturated rings. The van der Waals surface area contributed by atoms with E-state index in [1.807, 2.05) is 4.90 Å². The molecule has 2 N–H and O–H groups in total. The molecule has 0 aliphatic carbocycles. The van der Waals surface area contributed by atoms with E-state index in [2.05, 4.69) is 32.6 Å². The number of nitrogens with two attached hydrogens (primary N) is 1. The number of amides is 1. The monoisotopic (exact) mass is 227 g/mol. The van der Waals surface area contributed by atoms with E-state index in [0.717, 1.165) is 19.5 Å². The molecule has 0 aromatic carbocycles. The van der Waals surface area contributed by atoms with Crippen LogP contribution in [0.5, 0.6) is 0 Å². The van der Waals surface area contributed by atoms with E-state index in [9.17, 15) is 4.79 Å². The molecule has 0 aromatic heterocycles. The Morgan fingerprint density at radius 2 is 1.94 bits per heavy atom. The SMILES string of the molecule is CC(C)N(C(=O)CN1CC[C@H](N)C1)C(C)C. The molecule has 1 rings (SSSR count). The quantitative estimate of drug-likeness (QED) is 0.768. The summed E-state index contributed by atoms with van der Waals surface area (Å²) >= 11 is 0. The van der Waals surface area contributed by atoms with Crippen LogP contribution in [0.3, 0.4) is 0 Å². The third kappa shape index (κ3) is 3.46. The van der Waals surface area contributed by atoms with E-state index < -0.39 is 0 Å². The Kier molecular flexibility index (Phi) is 4.74. The molecule has 0 aromatic rings. The Morgan fingerprint density at radius 1 is 1.38 bits per heavy atom. The summed E-state index contributed by atoms with van der Waals surface area (Å²) in [6, 6.07) is 0.784. The van der Waals surface area contributed by atoms with Crippen LogP contribution in [0.1, 0.15) is 34.1 Å². The van der Waals surface area contributed by atoms with E-state index in [4.69, 9.17) is 5.73 Å². The van der Waals surface area contributed by atoms with Crippen molar-refractivity contribution in [3.8, 4) is 0 Å². The molecule has 1 aliphatic rings. The fourth-order valence-electron chi connectivity index (χ4n) is 2.45. The van der Waals surface area contributed by atoms with Crippen LogP contribution in [-0.4, -0.2) is 53.5 Å². The lowest BCUT2D eigenvalue weighted by molar-refractivity contribution is -0.135. The average molecular weight is 227 g/mol. The second-order valence-corrected chi connectivity index (χ2v) is 5.27. The lowest BCUT2D eigenvalue weighted by atomic mass is 10.2. The van der Waals surface area contributed by atoms with Gasteiger partial charge in [0.05, 0.1) is 6.54 Å². The summed E-state index contributed by atoms with van der Waals surface area (Å²) in [5.74, 6) is 0.221. The summed E-state index contributed by atoms with van der Waals surface area (Å²) < 4.78 is 0. The van der Waals surface area contributed by atoms with E-state index in [-0.39, 0.29) is 24.0 Å². The molecule has 1 heterocycles. The number of likely N-dealkylation sites (tertiary alicyclic amines) is 1. The number of carbonyl (C=O) groups excluding carboxylic acids is 1. The van der Waals surface area contributed by atoms with E-state index in [1.54, 1.807) is 0 Å². The summed E-state index contributed by atoms with van der Waals surface area (Å²) in [7, 11) is 0. The maximum absolute atomic E-state index is 12.1. The molecule has 16 heavy (non-hydrogen) atoms. The normalized spacial score (nSPS) is 22.1. The van der Waals surface area contributed by atoms with Gasteiger partial charge in [-0.25, -0.2) is 0 Å². The Bertz CT molecular complexity index is 232. The number of carbonyl (C=O) groups is 1. The van der Waals surface area contributed by atoms with Crippen LogP contribution >= 0.6 is 0 Å². The van der Waals surface area contributed by atoms with Gasteiger partial charge in [0.2, 0.25) is 5.91 Å². The summed E-state index contributed by atoms with van der Waals surface area (Å²) in [5, 5.41) is 0. The first-order valence-corrected chi connectivity index (χ1v) is 6.21. The lowest BCUT2D eigenvalue weighted by Crippen LogP contribution is -2.47. The maximum atomic E-state index is 12.1. The highest BCUT2D eigenvalue weighted by Crippen LogP contribution is 2.10. The maximum Gasteiger partial charge on any atom is 0.237 e. The van der Waals surface area contributed by atoms with Crippen LogP contribution in [0.25, 0.3) is 0 Å². The molecule has 0 bridgehead atoms. The first-order chi connectivity index (χ1) is 7.41. The first-order valence-electron chi connectivity index (χ1n) is 6.21. The van der Waals surface area contributed by atoms with Gasteiger partial charge in [0.1, 0.15) is 0 Å². The molecule has 1 amide bonds. The standard InChI is InChI=1S/C12H25N3O/c1-9(2)15(10(3)4)12(16)8-14-6-5-11(13)7-14/h9-11H,5-8,13H2,1-4H3/t11-/m0/s1. The van der Waals surface area contributed by atoms with Crippen molar-refractivity contribution in [1.82, 2.24) is 9.80 Å². The molecule has 1 atom stereocenters. The van der Waals surface area contributed by atoms with Crippen LogP contribution in [0.4, 0.5) is 0 Å². The van der Waals surface area contributed by atoms with Gasteiger partial charge in [-0.2, -0.15) is 0 Å². The molecule has 0 radical (unpaired) electrons. The highest BCUT2D eigenvalue weighted by atomic mass is 16.2. The molecule has 4 heteroatoms. The third-order valence-corrected chi connectivity index (χ3v) is 3.07. The highest BCUT2D eigenvalue weighted by molar-refractivity contribution is 5.78. The van der Waals surface area contributed by atoms with Gasteiger partial charge < -0.3 is 10.6 Å². The van der Waals surface area contributed by atoms with Gasteiger partial charge in [-0.15, -0.1) is 0 Å². The van der Waals surface area contributed by atoms with E-state index >= 15 is 0 Å². The summed E-state index contributed by atoms with van der Waals surface area (Å²) in [6.45, 7) is 10.6. The zero-order valence-electron chi connectivity index (χ0n) is 10.9. The zero-order valence-corrected chi connectivity index (χ0v) is 10.9. The van der Waals surface area contributed by atoms with E-state index in [0.29, 0.717) is 6.54 Å². The van der Waals surface area contributed by atoms with Crippen molar-refractivity contribution in [1.29, 1.82) is 0 Å². The Morgan fingerprint density at radius 3 is 2.31 bits per heavy atom. The average Bonchev–Trinajstić information content (AvgIpc) is 2.49. The predicted molar refractivity (Wildman–Crippen MR) is 66.2 cm³/mol. The van der Waals surface area contributed by atoms with Gasteiger partial charge in [0.15, 0.2) is 0 Å². The van der Waals surface area contributed by atoms with Crippen LogP contribution < -0.4 is 5.73 Å². The fraction of sp³-hybridized carbons (Fsp3) is 0.917. The van der Waals surface area contributed by atoms with Crippen LogP contribution in [-0.2, 0) is 4.79 Å². The van der Waals surface area contributed by atoms with Crippen molar-refractivity contribution in [2.24, 2.45) is 5.73 Å². The number of rotatable bonds is 4. The first kappa shape index (κ1) is 13.5. The van der Waals surface area contributed by atoms with Crippen molar-refractivity contribution in [3.05, 3.63) is 0 Å². The molecular weight excluding hydrogens is 202 g/mol. The number of hydrogen-bond acceptors (Lipinski definition) is 3. The van der Waals surface area contributed by atoms with Crippen LogP contribution in [0.15, 0.2) is 0 Å². The van der Waals surface area contributed by atoms with Crippen LogP contribution in [0.2, 0.25) is 0 Å². The van der Waals surface area contributed by atoms with Crippen molar-refractivity contribution >= 4 is 5.91 Å². The minimum atomic E-state index is 0.221. The summed E-state index contributed by atoms with van der Waals surface area (Å²) in [5.41, 5.74) is 5.83. The largest absolute Gasteiger partial charge is 0.337 e. The van der Waals surface area contributed by atoms with Crippen molar-refractivity contribution in [2.45, 2.75) is 52.2 Å². The van der Waals surface area contributed by atoms with Gasteiger partial charge in [0, 0.05) is 31.2 Å². The molecule has 1 aliphatic heterocycles. The molecule has 94 valence electrons. The Balaban J connectivity index is 2.49. The van der Waals surface area contributed by atoms with Gasteiger partial charge in [-0.05, 0) is 34.1 Å². The Labute approximate surface area is 98.8 Å². The molecular formula is C12H25N3O. The predicted octanol–water partition coefficient (Wildman–Crippen LogP) is 0.665. The third-order valence-electron chi connectivity index (χ3n) is 3.07. The van der Waals surface area contributed by atoms with Gasteiger partial charge >= 0.3 is 0 Å². The zero-order chi connectivity index (χ0) is 12.3. The number of hydrogen-bond donors (Lipinski definition) is 1.